The van der Waals surface area contributed by atoms with Gasteiger partial charge in [0.05, 0.1) is 0 Å². The number of aromatic nitrogens is 1. The fourth-order valence-corrected chi connectivity index (χ4v) is 1.16. The molecule has 98 valence electrons. The van der Waals surface area contributed by atoms with Gasteiger partial charge in [-0.2, -0.15) is 0 Å². The van der Waals surface area contributed by atoms with Crippen LogP contribution in [0.2, 0.25) is 0 Å². The molecule has 1 unspecified atom stereocenters. The fraction of sp³-hybridized carbons (Fsp3) is 0.364. The Labute approximate surface area is 105 Å². The minimum atomic E-state index is -0.848. The van der Waals surface area contributed by atoms with Crippen LogP contribution in [-0.2, 0) is 4.79 Å². The molecule has 7 nitrogen and oxygen atoms in total. The summed E-state index contributed by atoms with van der Waals surface area (Å²) in [5.41, 5.74) is 5.57. The summed E-state index contributed by atoms with van der Waals surface area (Å²) in [5, 5.41) is 4.59. The highest BCUT2D eigenvalue weighted by Gasteiger charge is 2.18. The maximum absolute atomic E-state index is 11.6. The van der Waals surface area contributed by atoms with Gasteiger partial charge in [0.25, 0.3) is 5.91 Å². The molecule has 1 aromatic rings. The van der Waals surface area contributed by atoms with Crippen LogP contribution in [0.3, 0.4) is 0 Å². The Hall–Kier alpha value is -2.31. The lowest BCUT2D eigenvalue weighted by molar-refractivity contribution is -0.126. The molecule has 0 aliphatic heterocycles. The number of carbonyl (C=O) groups is 2. The minimum Gasteiger partial charge on any atom is -0.477 e. The van der Waals surface area contributed by atoms with Crippen LogP contribution in [0.15, 0.2) is 18.3 Å². The van der Waals surface area contributed by atoms with Crippen molar-refractivity contribution >= 4 is 17.8 Å². The third kappa shape index (κ3) is 3.93. The lowest BCUT2D eigenvalue weighted by atomic mass is 10.3. The van der Waals surface area contributed by atoms with E-state index in [1.165, 1.54) is 13.1 Å². The van der Waals surface area contributed by atoms with Crippen LogP contribution in [0.25, 0.3) is 0 Å². The number of ether oxygens (including phenoxy) is 1. The van der Waals surface area contributed by atoms with Crippen molar-refractivity contribution < 1.29 is 14.3 Å². The molecule has 0 aliphatic rings. The zero-order valence-electron chi connectivity index (χ0n) is 10.3. The lowest BCUT2D eigenvalue weighted by Crippen LogP contribution is -2.45. The Bertz CT molecular complexity index is 436. The SMILES string of the molecule is CCNC(=O)NC(=O)C(C)Oc1cccnc1N. The molecule has 0 saturated heterocycles. The summed E-state index contributed by atoms with van der Waals surface area (Å²) in [7, 11) is 0. The van der Waals surface area contributed by atoms with Crippen molar-refractivity contribution in [1.82, 2.24) is 15.6 Å². The van der Waals surface area contributed by atoms with Gasteiger partial charge in [-0.3, -0.25) is 10.1 Å². The number of anilines is 1. The van der Waals surface area contributed by atoms with Gasteiger partial charge in [-0.05, 0) is 26.0 Å². The van der Waals surface area contributed by atoms with Gasteiger partial charge in [-0.15, -0.1) is 0 Å². The summed E-state index contributed by atoms with van der Waals surface area (Å²) in [5.74, 6) is -0.0598. The van der Waals surface area contributed by atoms with E-state index < -0.39 is 18.0 Å². The molecule has 18 heavy (non-hydrogen) atoms. The van der Waals surface area contributed by atoms with Crippen LogP contribution in [0.1, 0.15) is 13.8 Å². The van der Waals surface area contributed by atoms with Gasteiger partial charge in [-0.1, -0.05) is 0 Å². The van der Waals surface area contributed by atoms with Crippen LogP contribution in [-0.4, -0.2) is 29.6 Å². The van der Waals surface area contributed by atoms with Crippen LogP contribution in [0.5, 0.6) is 5.75 Å². The number of nitrogen functional groups attached to an aromatic ring is 1. The summed E-state index contributed by atoms with van der Waals surface area (Å²) in [4.78, 5) is 26.6. The molecule has 0 fully saturated rings. The van der Waals surface area contributed by atoms with Crippen LogP contribution >= 0.6 is 0 Å². The number of hydrogen-bond acceptors (Lipinski definition) is 5. The van der Waals surface area contributed by atoms with E-state index >= 15 is 0 Å². The highest BCUT2D eigenvalue weighted by Crippen LogP contribution is 2.18. The van der Waals surface area contributed by atoms with Crippen LogP contribution in [0.4, 0.5) is 10.6 Å². The molecule has 1 atom stereocenters. The first kappa shape index (κ1) is 13.8. The first-order chi connectivity index (χ1) is 8.54. The molecule has 4 N–H and O–H groups in total. The average molecular weight is 252 g/mol. The van der Waals surface area contributed by atoms with Crippen LogP contribution in [0, 0.1) is 0 Å². The third-order valence-corrected chi connectivity index (χ3v) is 2.05. The fourth-order valence-electron chi connectivity index (χ4n) is 1.16. The molecule has 0 spiro atoms. The van der Waals surface area contributed by atoms with E-state index in [0.717, 1.165) is 0 Å². The summed E-state index contributed by atoms with van der Waals surface area (Å²) >= 11 is 0. The molecule has 0 radical (unpaired) electrons. The van der Waals surface area contributed by atoms with Crippen LogP contribution < -0.4 is 21.1 Å². The zero-order chi connectivity index (χ0) is 13.5. The maximum atomic E-state index is 11.6. The van der Waals surface area contributed by atoms with Crippen molar-refractivity contribution in [3.8, 4) is 5.75 Å². The molecule has 3 amide bonds. The van der Waals surface area contributed by atoms with Crippen molar-refractivity contribution in [2.45, 2.75) is 20.0 Å². The van der Waals surface area contributed by atoms with E-state index in [1.54, 1.807) is 19.1 Å². The van der Waals surface area contributed by atoms with Gasteiger partial charge in [-0.25, -0.2) is 9.78 Å². The van der Waals surface area contributed by atoms with E-state index in [2.05, 4.69) is 15.6 Å². The Morgan fingerprint density at radius 1 is 1.56 bits per heavy atom. The minimum absolute atomic E-state index is 0.190. The van der Waals surface area contributed by atoms with E-state index in [4.69, 9.17) is 10.5 Å². The van der Waals surface area contributed by atoms with E-state index in [9.17, 15) is 9.59 Å². The summed E-state index contributed by atoms with van der Waals surface area (Å²) in [6.45, 7) is 3.70. The number of urea groups is 1. The van der Waals surface area contributed by atoms with Crippen molar-refractivity contribution in [3.63, 3.8) is 0 Å². The Balaban J connectivity index is 2.55. The number of nitrogens with zero attached hydrogens (tertiary/aromatic N) is 1. The quantitative estimate of drug-likeness (QED) is 0.713. The molecule has 7 heteroatoms. The van der Waals surface area contributed by atoms with Crippen molar-refractivity contribution in [3.05, 3.63) is 18.3 Å². The first-order valence-electron chi connectivity index (χ1n) is 5.50. The van der Waals surface area contributed by atoms with E-state index in [0.29, 0.717) is 12.3 Å². The lowest BCUT2D eigenvalue weighted by Gasteiger charge is -2.14. The van der Waals surface area contributed by atoms with Gasteiger partial charge in [0.15, 0.2) is 17.7 Å². The summed E-state index contributed by atoms with van der Waals surface area (Å²) in [6, 6.07) is 2.68. The Morgan fingerprint density at radius 3 is 2.89 bits per heavy atom. The number of pyridine rings is 1. The van der Waals surface area contributed by atoms with Gasteiger partial charge in [0.2, 0.25) is 0 Å². The van der Waals surface area contributed by atoms with Gasteiger partial charge in [0, 0.05) is 12.7 Å². The zero-order valence-corrected chi connectivity index (χ0v) is 10.3. The molecule has 0 bridgehead atoms. The van der Waals surface area contributed by atoms with Gasteiger partial charge >= 0.3 is 6.03 Å². The second kappa shape index (κ2) is 6.43. The predicted molar refractivity (Wildman–Crippen MR) is 66.0 cm³/mol. The standard InChI is InChI=1S/C11H16N4O3/c1-3-13-11(17)15-10(16)7(2)18-8-5-4-6-14-9(8)12/h4-7H,3H2,1-2H3,(H2,12,14)(H2,13,15,16,17). The normalized spacial score (nSPS) is 11.4. The molecular weight excluding hydrogens is 236 g/mol. The second-order valence-corrected chi connectivity index (χ2v) is 3.50. The number of carbonyl (C=O) groups excluding carboxylic acids is 2. The molecule has 0 saturated carbocycles. The molecule has 1 heterocycles. The third-order valence-electron chi connectivity index (χ3n) is 2.05. The Kier molecular flexibility index (Phi) is 4.91. The molecule has 1 rings (SSSR count). The second-order valence-electron chi connectivity index (χ2n) is 3.50. The number of amides is 3. The molecule has 0 aromatic carbocycles. The smallest absolute Gasteiger partial charge is 0.321 e. The number of imide groups is 1. The molecule has 0 aliphatic carbocycles. The number of nitrogens with one attached hydrogen (secondary N) is 2. The first-order valence-corrected chi connectivity index (χ1v) is 5.50. The number of hydrogen-bond donors (Lipinski definition) is 3. The molecular formula is C11H16N4O3. The highest BCUT2D eigenvalue weighted by molar-refractivity contribution is 5.96. The van der Waals surface area contributed by atoms with Gasteiger partial charge < -0.3 is 15.8 Å². The largest absolute Gasteiger partial charge is 0.477 e. The molecule has 1 aromatic heterocycles. The van der Waals surface area contributed by atoms with Crippen molar-refractivity contribution in [2.24, 2.45) is 0 Å². The number of nitrogens with two attached hydrogens (primary N) is 1. The number of rotatable bonds is 4. The predicted octanol–water partition coefficient (Wildman–Crippen LogP) is 0.277. The topological polar surface area (TPSA) is 106 Å². The Morgan fingerprint density at radius 2 is 2.28 bits per heavy atom. The van der Waals surface area contributed by atoms with Gasteiger partial charge in [0.1, 0.15) is 0 Å². The average Bonchev–Trinajstić information content (AvgIpc) is 2.32. The maximum Gasteiger partial charge on any atom is 0.321 e. The van der Waals surface area contributed by atoms with Crippen molar-refractivity contribution in [2.75, 3.05) is 12.3 Å². The monoisotopic (exact) mass is 252 g/mol. The highest BCUT2D eigenvalue weighted by atomic mass is 16.5. The van der Waals surface area contributed by atoms with E-state index in [1.807, 2.05) is 0 Å². The van der Waals surface area contributed by atoms with Crippen molar-refractivity contribution in [1.29, 1.82) is 0 Å². The van der Waals surface area contributed by atoms with E-state index in [-0.39, 0.29) is 5.82 Å². The summed E-state index contributed by atoms with van der Waals surface area (Å²) in [6.07, 6.45) is 0.667. The summed E-state index contributed by atoms with van der Waals surface area (Å²) < 4.78 is 5.31.